The van der Waals surface area contributed by atoms with Crippen molar-refractivity contribution in [3.8, 4) is 5.75 Å². The highest BCUT2D eigenvalue weighted by atomic mass is 16.5. The van der Waals surface area contributed by atoms with E-state index in [0.717, 1.165) is 17.7 Å². The Morgan fingerprint density at radius 2 is 1.68 bits per heavy atom. The molecule has 0 aliphatic rings. The quantitative estimate of drug-likeness (QED) is 0.737. The Labute approximate surface area is 150 Å². The van der Waals surface area contributed by atoms with Crippen molar-refractivity contribution < 1.29 is 14.6 Å². The number of likely N-dealkylation sites (N-methyl/N-ethyl adjacent to an activating group) is 1. The van der Waals surface area contributed by atoms with Crippen LogP contribution < -0.4 is 4.74 Å². The number of hydrogen-bond donors (Lipinski definition) is 1. The lowest BCUT2D eigenvalue weighted by molar-refractivity contribution is -0.138. The van der Waals surface area contributed by atoms with E-state index in [0.29, 0.717) is 12.5 Å². The summed E-state index contributed by atoms with van der Waals surface area (Å²) < 4.78 is 6.22. The number of carbonyl (C=O) groups is 1. The lowest BCUT2D eigenvalue weighted by atomic mass is 10.0. The maximum atomic E-state index is 10.8. The predicted molar refractivity (Wildman–Crippen MR) is 100 cm³/mol. The van der Waals surface area contributed by atoms with Crippen molar-refractivity contribution in [2.45, 2.75) is 32.3 Å². The summed E-state index contributed by atoms with van der Waals surface area (Å²) in [7, 11) is 1.81. The minimum atomic E-state index is -0.816. The molecule has 2 rings (SSSR count). The van der Waals surface area contributed by atoms with Crippen LogP contribution in [0.25, 0.3) is 0 Å². The molecule has 0 aromatic heterocycles. The highest BCUT2D eigenvalue weighted by Gasteiger charge is 2.15. The van der Waals surface area contributed by atoms with E-state index < -0.39 is 5.97 Å². The lowest BCUT2D eigenvalue weighted by Gasteiger charge is -2.23. The summed E-state index contributed by atoms with van der Waals surface area (Å²) >= 11 is 0. The first kappa shape index (κ1) is 19.0. The van der Waals surface area contributed by atoms with Crippen molar-refractivity contribution in [2.75, 3.05) is 20.1 Å². The largest absolute Gasteiger partial charge is 0.486 e. The first-order valence-corrected chi connectivity index (χ1v) is 8.67. The smallest absolute Gasteiger partial charge is 0.317 e. The van der Waals surface area contributed by atoms with Gasteiger partial charge in [-0.1, -0.05) is 56.3 Å². The summed E-state index contributed by atoms with van der Waals surface area (Å²) in [6.07, 6.45) is 0.613. The van der Waals surface area contributed by atoms with E-state index in [1.165, 1.54) is 5.56 Å². The van der Waals surface area contributed by atoms with E-state index >= 15 is 0 Å². The first-order valence-electron chi connectivity index (χ1n) is 8.67. The Kier molecular flexibility index (Phi) is 7.02. The second kappa shape index (κ2) is 9.23. The maximum absolute atomic E-state index is 10.8. The van der Waals surface area contributed by atoms with Gasteiger partial charge in [-0.3, -0.25) is 9.69 Å². The van der Waals surface area contributed by atoms with Crippen LogP contribution in [0.3, 0.4) is 0 Å². The Balaban J connectivity index is 2.08. The normalized spacial score (nSPS) is 12.4. The van der Waals surface area contributed by atoms with E-state index in [-0.39, 0.29) is 12.6 Å². The fraction of sp³-hybridized carbons (Fsp3) is 0.381. The summed E-state index contributed by atoms with van der Waals surface area (Å²) in [4.78, 5) is 12.6. The average Bonchev–Trinajstić information content (AvgIpc) is 2.59. The van der Waals surface area contributed by atoms with Gasteiger partial charge in [0.15, 0.2) is 0 Å². The van der Waals surface area contributed by atoms with E-state index in [2.05, 4.69) is 26.0 Å². The molecule has 0 fully saturated rings. The van der Waals surface area contributed by atoms with Crippen LogP contribution in [0.2, 0.25) is 0 Å². The van der Waals surface area contributed by atoms with Crippen molar-refractivity contribution in [3.05, 3.63) is 65.7 Å². The number of hydrogen-bond acceptors (Lipinski definition) is 3. The van der Waals surface area contributed by atoms with Crippen LogP contribution in [0.1, 0.15) is 43.4 Å². The summed E-state index contributed by atoms with van der Waals surface area (Å²) in [5, 5.41) is 8.90. The first-order chi connectivity index (χ1) is 12.0. The van der Waals surface area contributed by atoms with Crippen LogP contribution in [0.15, 0.2) is 54.6 Å². The molecule has 4 heteroatoms. The van der Waals surface area contributed by atoms with E-state index in [9.17, 15) is 4.79 Å². The molecule has 0 bridgehead atoms. The molecule has 2 aromatic carbocycles. The van der Waals surface area contributed by atoms with Crippen LogP contribution in [-0.2, 0) is 4.79 Å². The second-order valence-corrected chi connectivity index (χ2v) is 6.66. The molecule has 25 heavy (non-hydrogen) atoms. The van der Waals surface area contributed by atoms with Crippen molar-refractivity contribution in [3.63, 3.8) is 0 Å². The van der Waals surface area contributed by atoms with Crippen LogP contribution >= 0.6 is 0 Å². The molecule has 0 saturated carbocycles. The third-order valence-electron chi connectivity index (χ3n) is 4.17. The summed E-state index contributed by atoms with van der Waals surface area (Å²) in [6.45, 7) is 5.02. The van der Waals surface area contributed by atoms with Crippen LogP contribution in [0.5, 0.6) is 5.75 Å². The van der Waals surface area contributed by atoms with Gasteiger partial charge in [0.25, 0.3) is 0 Å². The third-order valence-corrected chi connectivity index (χ3v) is 4.17. The molecule has 0 amide bonds. The number of nitrogens with zero attached hydrogens (tertiary/aromatic N) is 1. The zero-order chi connectivity index (χ0) is 18.2. The standard InChI is InChI=1S/C21H27NO3/c1-16(2)17-9-11-19(12-10-17)25-20(18-7-5-4-6-8-18)13-14-22(3)15-21(23)24/h4-12,16,20H,13-15H2,1-3H3,(H,23,24)/t20-/m1/s1. The highest BCUT2D eigenvalue weighted by molar-refractivity contribution is 5.68. The number of aliphatic carboxylic acids is 1. The van der Waals surface area contributed by atoms with Gasteiger partial charge in [-0.05, 0) is 36.2 Å². The second-order valence-electron chi connectivity index (χ2n) is 6.66. The van der Waals surface area contributed by atoms with Gasteiger partial charge in [-0.25, -0.2) is 0 Å². The van der Waals surface area contributed by atoms with E-state index in [4.69, 9.17) is 9.84 Å². The summed E-state index contributed by atoms with van der Waals surface area (Å²) in [6, 6.07) is 18.3. The molecule has 0 spiro atoms. The number of carboxylic acid groups (broad SMARTS) is 1. The van der Waals surface area contributed by atoms with Gasteiger partial charge in [-0.15, -0.1) is 0 Å². The van der Waals surface area contributed by atoms with E-state index in [1.54, 1.807) is 4.90 Å². The topological polar surface area (TPSA) is 49.8 Å². The molecule has 2 aromatic rings. The molecule has 0 aliphatic heterocycles. The van der Waals surface area contributed by atoms with Crippen molar-refractivity contribution in [2.24, 2.45) is 0 Å². The monoisotopic (exact) mass is 341 g/mol. The number of ether oxygens (including phenoxy) is 1. The summed E-state index contributed by atoms with van der Waals surface area (Å²) in [5.41, 5.74) is 2.38. The number of rotatable bonds is 9. The summed E-state index contributed by atoms with van der Waals surface area (Å²) in [5.74, 6) is 0.506. The molecule has 0 radical (unpaired) electrons. The zero-order valence-electron chi connectivity index (χ0n) is 15.2. The van der Waals surface area contributed by atoms with Gasteiger partial charge in [0, 0.05) is 13.0 Å². The van der Waals surface area contributed by atoms with E-state index in [1.807, 2.05) is 49.5 Å². The van der Waals surface area contributed by atoms with Gasteiger partial charge < -0.3 is 9.84 Å². The minimum Gasteiger partial charge on any atom is -0.486 e. The minimum absolute atomic E-state index is 0.0323. The highest BCUT2D eigenvalue weighted by Crippen LogP contribution is 2.26. The van der Waals surface area contributed by atoms with Gasteiger partial charge in [0.05, 0.1) is 6.54 Å². The predicted octanol–water partition coefficient (Wildman–Crippen LogP) is 4.34. The molecule has 4 nitrogen and oxygen atoms in total. The SMILES string of the molecule is CC(C)c1ccc(O[C@H](CCN(C)CC(=O)O)c2ccccc2)cc1. The Hall–Kier alpha value is -2.33. The molecular weight excluding hydrogens is 314 g/mol. The zero-order valence-corrected chi connectivity index (χ0v) is 15.2. The third kappa shape index (κ3) is 6.24. The van der Waals surface area contributed by atoms with Gasteiger partial charge in [-0.2, -0.15) is 0 Å². The van der Waals surface area contributed by atoms with Crippen molar-refractivity contribution in [1.82, 2.24) is 4.90 Å². The average molecular weight is 341 g/mol. The molecule has 1 atom stereocenters. The fourth-order valence-corrected chi connectivity index (χ4v) is 2.70. The Bertz CT molecular complexity index is 653. The van der Waals surface area contributed by atoms with Crippen LogP contribution in [0.4, 0.5) is 0 Å². The molecule has 134 valence electrons. The number of benzene rings is 2. The van der Waals surface area contributed by atoms with Gasteiger partial charge in [0.1, 0.15) is 11.9 Å². The Morgan fingerprint density at radius 3 is 2.24 bits per heavy atom. The fourth-order valence-electron chi connectivity index (χ4n) is 2.70. The molecule has 0 unspecified atom stereocenters. The molecule has 1 N–H and O–H groups in total. The van der Waals surface area contributed by atoms with Gasteiger partial charge >= 0.3 is 5.97 Å². The molecule has 0 heterocycles. The maximum Gasteiger partial charge on any atom is 0.317 e. The van der Waals surface area contributed by atoms with Crippen molar-refractivity contribution in [1.29, 1.82) is 0 Å². The van der Waals surface area contributed by atoms with Crippen molar-refractivity contribution >= 4 is 5.97 Å². The molecular formula is C21H27NO3. The van der Waals surface area contributed by atoms with Gasteiger partial charge in [0.2, 0.25) is 0 Å². The molecule has 0 saturated heterocycles. The van der Waals surface area contributed by atoms with Crippen LogP contribution in [-0.4, -0.2) is 36.1 Å². The molecule has 0 aliphatic carbocycles. The van der Waals surface area contributed by atoms with Crippen LogP contribution in [0, 0.1) is 0 Å². The number of carboxylic acids is 1. The lowest BCUT2D eigenvalue weighted by Crippen LogP contribution is -2.28. The Morgan fingerprint density at radius 1 is 1.04 bits per heavy atom.